The Balaban J connectivity index is 2.33. The van der Waals surface area contributed by atoms with Gasteiger partial charge in [0.1, 0.15) is 0 Å². The van der Waals surface area contributed by atoms with E-state index in [1.807, 2.05) is 32.9 Å². The summed E-state index contributed by atoms with van der Waals surface area (Å²) in [5, 5.41) is 11.7. The molecular formula is C17H15BrN2O. The van der Waals surface area contributed by atoms with Crippen molar-refractivity contribution in [2.75, 3.05) is 5.32 Å². The summed E-state index contributed by atoms with van der Waals surface area (Å²) >= 11 is 3.37. The molecule has 0 saturated heterocycles. The number of rotatable bonds is 2. The van der Waals surface area contributed by atoms with E-state index >= 15 is 0 Å². The maximum Gasteiger partial charge on any atom is 0.256 e. The van der Waals surface area contributed by atoms with Gasteiger partial charge in [-0.3, -0.25) is 4.79 Å². The third-order valence-corrected chi connectivity index (χ3v) is 3.91. The van der Waals surface area contributed by atoms with E-state index in [4.69, 9.17) is 5.26 Å². The van der Waals surface area contributed by atoms with Crippen LogP contribution in [-0.2, 0) is 0 Å². The summed E-state index contributed by atoms with van der Waals surface area (Å²) in [5.74, 6) is -0.143. The van der Waals surface area contributed by atoms with Crippen molar-refractivity contribution in [1.29, 1.82) is 5.26 Å². The second-order valence-corrected chi connectivity index (χ2v) is 5.89. The predicted molar refractivity (Wildman–Crippen MR) is 87.5 cm³/mol. The van der Waals surface area contributed by atoms with Gasteiger partial charge in [-0.25, -0.2) is 0 Å². The van der Waals surface area contributed by atoms with Gasteiger partial charge in [-0.1, -0.05) is 17.7 Å². The zero-order valence-corrected chi connectivity index (χ0v) is 13.7. The molecule has 0 aliphatic carbocycles. The standard InChI is InChI=1S/C17H15BrN2O/c1-10-6-11(2)16(12(3)7-10)17(21)20-15-5-4-13(9-19)8-14(15)18/h4-8H,1-3H3,(H,20,21). The number of anilines is 1. The van der Waals surface area contributed by atoms with Gasteiger partial charge >= 0.3 is 0 Å². The Morgan fingerprint density at radius 1 is 1.14 bits per heavy atom. The molecule has 0 atom stereocenters. The zero-order chi connectivity index (χ0) is 15.6. The molecule has 0 aliphatic rings. The van der Waals surface area contributed by atoms with Crippen molar-refractivity contribution in [3.05, 3.63) is 62.6 Å². The Morgan fingerprint density at radius 2 is 1.76 bits per heavy atom. The molecule has 2 rings (SSSR count). The fourth-order valence-electron chi connectivity index (χ4n) is 2.41. The molecule has 4 heteroatoms. The maximum atomic E-state index is 12.5. The first-order valence-corrected chi connectivity index (χ1v) is 7.30. The van der Waals surface area contributed by atoms with Crippen LogP contribution in [0.2, 0.25) is 0 Å². The van der Waals surface area contributed by atoms with Crippen LogP contribution in [0.4, 0.5) is 5.69 Å². The lowest BCUT2D eigenvalue weighted by Crippen LogP contribution is -2.15. The number of aryl methyl sites for hydroxylation is 3. The van der Waals surface area contributed by atoms with Gasteiger partial charge in [-0.2, -0.15) is 5.26 Å². The SMILES string of the molecule is Cc1cc(C)c(C(=O)Nc2ccc(C#N)cc2Br)c(C)c1. The van der Waals surface area contributed by atoms with Crippen molar-refractivity contribution in [1.82, 2.24) is 0 Å². The van der Waals surface area contributed by atoms with Gasteiger partial charge in [0.2, 0.25) is 0 Å². The van der Waals surface area contributed by atoms with E-state index in [9.17, 15) is 4.79 Å². The Morgan fingerprint density at radius 3 is 2.29 bits per heavy atom. The van der Waals surface area contributed by atoms with E-state index in [1.54, 1.807) is 18.2 Å². The molecule has 3 nitrogen and oxygen atoms in total. The number of carbonyl (C=O) groups is 1. The van der Waals surface area contributed by atoms with Crippen molar-refractivity contribution in [3.63, 3.8) is 0 Å². The zero-order valence-electron chi connectivity index (χ0n) is 12.1. The molecule has 21 heavy (non-hydrogen) atoms. The number of hydrogen-bond acceptors (Lipinski definition) is 2. The summed E-state index contributed by atoms with van der Waals surface area (Å²) in [6.07, 6.45) is 0. The van der Waals surface area contributed by atoms with E-state index in [1.165, 1.54) is 0 Å². The molecule has 1 N–H and O–H groups in total. The highest BCUT2D eigenvalue weighted by Gasteiger charge is 2.14. The summed E-state index contributed by atoms with van der Waals surface area (Å²) in [6, 6.07) is 11.1. The normalized spacial score (nSPS) is 10.0. The quantitative estimate of drug-likeness (QED) is 0.873. The van der Waals surface area contributed by atoms with Gasteiger partial charge in [0.25, 0.3) is 5.91 Å². The predicted octanol–water partition coefficient (Wildman–Crippen LogP) is 4.50. The molecule has 0 fully saturated rings. The fraction of sp³-hybridized carbons (Fsp3) is 0.176. The van der Waals surface area contributed by atoms with Gasteiger partial charge in [-0.05, 0) is 66.0 Å². The van der Waals surface area contributed by atoms with Crippen molar-refractivity contribution in [2.24, 2.45) is 0 Å². The Bertz CT molecular complexity index is 737. The lowest BCUT2D eigenvalue weighted by atomic mass is 9.99. The van der Waals surface area contributed by atoms with Gasteiger partial charge in [0.05, 0.1) is 17.3 Å². The molecule has 106 valence electrons. The highest BCUT2D eigenvalue weighted by atomic mass is 79.9. The van der Waals surface area contributed by atoms with E-state index in [0.29, 0.717) is 21.3 Å². The molecule has 0 unspecified atom stereocenters. The van der Waals surface area contributed by atoms with Crippen LogP contribution in [0.25, 0.3) is 0 Å². The first-order chi connectivity index (χ1) is 9.92. The maximum absolute atomic E-state index is 12.5. The second kappa shape index (κ2) is 6.11. The molecule has 0 bridgehead atoms. The Hall–Kier alpha value is -2.12. The van der Waals surface area contributed by atoms with Crippen LogP contribution in [0, 0.1) is 32.1 Å². The van der Waals surface area contributed by atoms with Crippen molar-refractivity contribution < 1.29 is 4.79 Å². The molecule has 0 radical (unpaired) electrons. The minimum absolute atomic E-state index is 0.143. The number of nitrogens with zero attached hydrogens (tertiary/aromatic N) is 1. The molecule has 0 aliphatic heterocycles. The summed E-state index contributed by atoms with van der Waals surface area (Å²) in [7, 11) is 0. The molecule has 0 saturated carbocycles. The fourth-order valence-corrected chi connectivity index (χ4v) is 2.89. The van der Waals surface area contributed by atoms with Gasteiger partial charge in [0, 0.05) is 10.0 Å². The minimum atomic E-state index is -0.143. The first-order valence-electron chi connectivity index (χ1n) is 6.51. The number of carbonyl (C=O) groups excluding carboxylic acids is 1. The van der Waals surface area contributed by atoms with Crippen LogP contribution in [0.15, 0.2) is 34.8 Å². The van der Waals surface area contributed by atoms with Gasteiger partial charge in [0.15, 0.2) is 0 Å². The number of halogens is 1. The number of amides is 1. The van der Waals surface area contributed by atoms with Gasteiger partial charge < -0.3 is 5.32 Å². The topological polar surface area (TPSA) is 52.9 Å². The molecule has 0 heterocycles. The van der Waals surface area contributed by atoms with E-state index < -0.39 is 0 Å². The van der Waals surface area contributed by atoms with E-state index in [-0.39, 0.29) is 5.91 Å². The highest BCUT2D eigenvalue weighted by molar-refractivity contribution is 9.10. The van der Waals surface area contributed by atoms with E-state index in [2.05, 4.69) is 27.3 Å². The van der Waals surface area contributed by atoms with Crippen LogP contribution in [0.3, 0.4) is 0 Å². The third kappa shape index (κ3) is 3.32. The summed E-state index contributed by atoms with van der Waals surface area (Å²) in [6.45, 7) is 5.88. The molecule has 0 aromatic heterocycles. The Labute approximate surface area is 132 Å². The summed E-state index contributed by atoms with van der Waals surface area (Å²) in [5.41, 5.74) is 4.93. The largest absolute Gasteiger partial charge is 0.321 e. The molecular weight excluding hydrogens is 328 g/mol. The van der Waals surface area contributed by atoms with E-state index in [0.717, 1.165) is 16.7 Å². The summed E-state index contributed by atoms with van der Waals surface area (Å²) < 4.78 is 0.692. The molecule has 1 amide bonds. The third-order valence-electron chi connectivity index (χ3n) is 3.25. The number of nitrogens with one attached hydrogen (secondary N) is 1. The first kappa shape index (κ1) is 15.3. The van der Waals surface area contributed by atoms with Crippen LogP contribution >= 0.6 is 15.9 Å². The number of nitriles is 1. The number of benzene rings is 2. The van der Waals surface area contributed by atoms with Crippen LogP contribution < -0.4 is 5.32 Å². The molecule has 0 spiro atoms. The average Bonchev–Trinajstić information content (AvgIpc) is 2.39. The average molecular weight is 343 g/mol. The van der Waals surface area contributed by atoms with Crippen LogP contribution in [0.5, 0.6) is 0 Å². The van der Waals surface area contributed by atoms with Crippen molar-refractivity contribution >= 4 is 27.5 Å². The number of hydrogen-bond donors (Lipinski definition) is 1. The van der Waals surface area contributed by atoms with Crippen LogP contribution in [-0.4, -0.2) is 5.91 Å². The van der Waals surface area contributed by atoms with Crippen molar-refractivity contribution in [3.8, 4) is 6.07 Å². The molecule has 2 aromatic rings. The second-order valence-electron chi connectivity index (χ2n) is 5.03. The monoisotopic (exact) mass is 342 g/mol. The summed E-state index contributed by atoms with van der Waals surface area (Å²) in [4.78, 5) is 12.5. The lowest BCUT2D eigenvalue weighted by molar-refractivity contribution is 0.102. The van der Waals surface area contributed by atoms with Gasteiger partial charge in [-0.15, -0.1) is 0 Å². The van der Waals surface area contributed by atoms with Crippen molar-refractivity contribution in [2.45, 2.75) is 20.8 Å². The minimum Gasteiger partial charge on any atom is -0.321 e. The lowest BCUT2D eigenvalue weighted by Gasteiger charge is -2.12. The highest BCUT2D eigenvalue weighted by Crippen LogP contribution is 2.25. The van der Waals surface area contributed by atoms with Crippen LogP contribution in [0.1, 0.15) is 32.6 Å². The molecule has 2 aromatic carbocycles. The smallest absolute Gasteiger partial charge is 0.256 e. The Kier molecular flexibility index (Phi) is 4.44.